The molecule has 0 bridgehead atoms. The molecule has 3 aromatic rings. The molecular formula is C26H25F3N2O. The van der Waals surface area contributed by atoms with E-state index in [4.69, 9.17) is 0 Å². The summed E-state index contributed by atoms with van der Waals surface area (Å²) >= 11 is 0. The number of hydrogen-bond donors (Lipinski definition) is 1. The number of piperidine rings is 1. The number of benzene rings is 3. The first-order chi connectivity index (χ1) is 15.5. The highest BCUT2D eigenvalue weighted by atomic mass is 19.1. The number of nitrogens with zero attached hydrogens (tertiary/aromatic N) is 1. The first-order valence-corrected chi connectivity index (χ1v) is 10.8. The number of rotatable bonds is 6. The van der Waals surface area contributed by atoms with Crippen LogP contribution in [-0.4, -0.2) is 23.9 Å². The average molecular weight is 438 g/mol. The summed E-state index contributed by atoms with van der Waals surface area (Å²) in [5, 5.41) is 2.92. The zero-order valence-electron chi connectivity index (χ0n) is 17.7. The SMILES string of the molecule is O=C(NCc1cccc(F)c1)C1CCCN(Cc2cccc(-c3ccc(F)cc3F)c2)C1. The van der Waals surface area contributed by atoms with E-state index in [9.17, 15) is 18.0 Å². The van der Waals surface area contributed by atoms with E-state index in [2.05, 4.69) is 10.2 Å². The highest BCUT2D eigenvalue weighted by Crippen LogP contribution is 2.26. The third kappa shape index (κ3) is 5.56. The number of amides is 1. The molecule has 1 fully saturated rings. The van der Waals surface area contributed by atoms with E-state index in [1.807, 2.05) is 18.2 Å². The van der Waals surface area contributed by atoms with E-state index in [0.717, 1.165) is 36.6 Å². The average Bonchev–Trinajstić information content (AvgIpc) is 2.78. The molecule has 3 nitrogen and oxygen atoms in total. The minimum Gasteiger partial charge on any atom is -0.352 e. The molecule has 1 atom stereocenters. The number of carbonyl (C=O) groups is 1. The maximum absolute atomic E-state index is 14.2. The molecule has 0 radical (unpaired) electrons. The van der Waals surface area contributed by atoms with Crippen molar-refractivity contribution in [2.24, 2.45) is 5.92 Å². The summed E-state index contributed by atoms with van der Waals surface area (Å²) in [6.45, 7) is 2.45. The van der Waals surface area contributed by atoms with E-state index < -0.39 is 11.6 Å². The smallest absolute Gasteiger partial charge is 0.224 e. The van der Waals surface area contributed by atoms with Gasteiger partial charge in [0.1, 0.15) is 17.5 Å². The quantitative estimate of drug-likeness (QED) is 0.567. The molecule has 1 amide bonds. The lowest BCUT2D eigenvalue weighted by Gasteiger charge is -2.32. The Balaban J connectivity index is 1.37. The van der Waals surface area contributed by atoms with E-state index in [0.29, 0.717) is 30.8 Å². The van der Waals surface area contributed by atoms with Gasteiger partial charge in [0.25, 0.3) is 0 Å². The van der Waals surface area contributed by atoms with Crippen molar-refractivity contribution in [2.75, 3.05) is 13.1 Å². The van der Waals surface area contributed by atoms with Gasteiger partial charge in [0, 0.05) is 31.3 Å². The molecule has 4 rings (SSSR count). The van der Waals surface area contributed by atoms with Crippen LogP contribution in [0.1, 0.15) is 24.0 Å². The van der Waals surface area contributed by atoms with Crippen LogP contribution in [0.4, 0.5) is 13.2 Å². The summed E-state index contributed by atoms with van der Waals surface area (Å²) in [7, 11) is 0. The summed E-state index contributed by atoms with van der Waals surface area (Å²) in [5.41, 5.74) is 2.80. The molecule has 1 N–H and O–H groups in total. The fraction of sp³-hybridized carbons (Fsp3) is 0.269. The van der Waals surface area contributed by atoms with Gasteiger partial charge in [-0.3, -0.25) is 9.69 Å². The fourth-order valence-corrected chi connectivity index (χ4v) is 4.21. The predicted molar refractivity (Wildman–Crippen MR) is 118 cm³/mol. The zero-order chi connectivity index (χ0) is 22.5. The number of carbonyl (C=O) groups excluding carboxylic acids is 1. The molecule has 166 valence electrons. The van der Waals surface area contributed by atoms with Crippen LogP contribution >= 0.6 is 0 Å². The van der Waals surface area contributed by atoms with E-state index in [1.165, 1.54) is 24.3 Å². The minimum absolute atomic E-state index is 0.0268. The Hall–Kier alpha value is -3.12. The Morgan fingerprint density at radius 2 is 1.72 bits per heavy atom. The van der Waals surface area contributed by atoms with E-state index in [1.54, 1.807) is 18.2 Å². The van der Waals surface area contributed by atoms with Gasteiger partial charge in [-0.1, -0.05) is 30.3 Å². The number of likely N-dealkylation sites (tertiary alicyclic amines) is 1. The van der Waals surface area contributed by atoms with Crippen molar-refractivity contribution in [1.82, 2.24) is 10.2 Å². The largest absolute Gasteiger partial charge is 0.352 e. The van der Waals surface area contributed by atoms with Crippen LogP contribution in [-0.2, 0) is 17.9 Å². The van der Waals surface area contributed by atoms with Gasteiger partial charge < -0.3 is 5.32 Å². The van der Waals surface area contributed by atoms with Gasteiger partial charge in [0.05, 0.1) is 5.92 Å². The van der Waals surface area contributed by atoms with Gasteiger partial charge >= 0.3 is 0 Å². The van der Waals surface area contributed by atoms with Crippen molar-refractivity contribution < 1.29 is 18.0 Å². The minimum atomic E-state index is -0.600. The van der Waals surface area contributed by atoms with Crippen molar-refractivity contribution in [1.29, 1.82) is 0 Å². The third-order valence-electron chi connectivity index (χ3n) is 5.81. The lowest BCUT2D eigenvalue weighted by atomic mass is 9.96. The molecule has 1 saturated heterocycles. The zero-order valence-corrected chi connectivity index (χ0v) is 17.7. The Morgan fingerprint density at radius 3 is 2.53 bits per heavy atom. The van der Waals surface area contributed by atoms with Crippen molar-refractivity contribution in [2.45, 2.75) is 25.9 Å². The summed E-state index contributed by atoms with van der Waals surface area (Å²) in [6, 6.07) is 17.3. The topological polar surface area (TPSA) is 32.3 Å². The van der Waals surface area contributed by atoms with Crippen molar-refractivity contribution in [3.05, 3.63) is 95.3 Å². The maximum Gasteiger partial charge on any atom is 0.224 e. The lowest BCUT2D eigenvalue weighted by Crippen LogP contribution is -2.42. The van der Waals surface area contributed by atoms with Crippen LogP contribution < -0.4 is 5.32 Å². The molecule has 3 aromatic carbocycles. The maximum atomic E-state index is 14.2. The lowest BCUT2D eigenvalue weighted by molar-refractivity contribution is -0.126. The van der Waals surface area contributed by atoms with Gasteiger partial charge in [0.2, 0.25) is 5.91 Å². The first kappa shape index (κ1) is 22.1. The normalized spacial score (nSPS) is 16.7. The van der Waals surface area contributed by atoms with Crippen LogP contribution in [0.2, 0.25) is 0 Å². The van der Waals surface area contributed by atoms with Gasteiger partial charge in [-0.2, -0.15) is 0 Å². The number of hydrogen-bond acceptors (Lipinski definition) is 2. The van der Waals surface area contributed by atoms with E-state index in [-0.39, 0.29) is 17.6 Å². The number of nitrogens with one attached hydrogen (secondary N) is 1. The standard InChI is InChI=1S/C26H25F3N2O/c27-22-8-2-4-18(13-22)15-30-26(32)21-7-3-11-31(17-21)16-19-5-1-6-20(12-19)24-10-9-23(28)14-25(24)29/h1-2,4-6,8-10,12-14,21H,3,7,11,15-17H2,(H,30,32). The second kappa shape index (κ2) is 10.0. The molecule has 0 aromatic heterocycles. The van der Waals surface area contributed by atoms with Gasteiger partial charge in [-0.05, 0) is 66.4 Å². The molecule has 32 heavy (non-hydrogen) atoms. The Morgan fingerprint density at radius 1 is 0.938 bits per heavy atom. The van der Waals surface area contributed by atoms with Crippen LogP contribution in [0, 0.1) is 23.4 Å². The molecule has 0 spiro atoms. The second-order valence-corrected chi connectivity index (χ2v) is 8.25. The summed E-state index contributed by atoms with van der Waals surface area (Å²) in [6.07, 6.45) is 1.72. The summed E-state index contributed by atoms with van der Waals surface area (Å²) < 4.78 is 40.7. The molecular weight excluding hydrogens is 413 g/mol. The Bertz CT molecular complexity index is 1100. The fourth-order valence-electron chi connectivity index (χ4n) is 4.21. The van der Waals surface area contributed by atoms with Crippen molar-refractivity contribution in [3.63, 3.8) is 0 Å². The highest BCUT2D eigenvalue weighted by molar-refractivity contribution is 5.79. The molecule has 1 aliphatic heterocycles. The monoisotopic (exact) mass is 438 g/mol. The number of halogens is 3. The molecule has 0 saturated carbocycles. The molecule has 1 unspecified atom stereocenters. The highest BCUT2D eigenvalue weighted by Gasteiger charge is 2.25. The van der Waals surface area contributed by atoms with Crippen LogP contribution in [0.3, 0.4) is 0 Å². The Kier molecular flexibility index (Phi) is 6.90. The summed E-state index contributed by atoms with van der Waals surface area (Å²) in [5.74, 6) is -1.66. The Labute approximate surface area is 185 Å². The summed E-state index contributed by atoms with van der Waals surface area (Å²) in [4.78, 5) is 14.9. The van der Waals surface area contributed by atoms with E-state index >= 15 is 0 Å². The van der Waals surface area contributed by atoms with Gasteiger partial charge in [0.15, 0.2) is 0 Å². The second-order valence-electron chi connectivity index (χ2n) is 8.25. The predicted octanol–water partition coefficient (Wildman–Crippen LogP) is 5.30. The molecule has 0 aliphatic carbocycles. The van der Waals surface area contributed by atoms with Crippen LogP contribution in [0.15, 0.2) is 66.7 Å². The van der Waals surface area contributed by atoms with Crippen molar-refractivity contribution >= 4 is 5.91 Å². The van der Waals surface area contributed by atoms with Gasteiger partial charge in [-0.15, -0.1) is 0 Å². The van der Waals surface area contributed by atoms with Crippen LogP contribution in [0.25, 0.3) is 11.1 Å². The van der Waals surface area contributed by atoms with Crippen molar-refractivity contribution in [3.8, 4) is 11.1 Å². The molecule has 1 aliphatic rings. The van der Waals surface area contributed by atoms with Gasteiger partial charge in [-0.25, -0.2) is 13.2 Å². The molecule has 6 heteroatoms. The molecule has 1 heterocycles. The van der Waals surface area contributed by atoms with Crippen LogP contribution in [0.5, 0.6) is 0 Å². The first-order valence-electron chi connectivity index (χ1n) is 10.8. The third-order valence-corrected chi connectivity index (χ3v) is 5.81.